The monoisotopic (exact) mass is 492 g/mol. The number of carbonyl (C=O) groups excluding carboxylic acids is 1. The highest BCUT2D eigenvalue weighted by Gasteiger charge is 2.15. The number of para-hydroxylation sites is 1. The number of hydrogen-bond acceptors (Lipinski definition) is 7. The van der Waals surface area contributed by atoms with Gasteiger partial charge in [0.2, 0.25) is 5.95 Å². The number of nitrogens with zero attached hydrogens (tertiary/aromatic N) is 4. The summed E-state index contributed by atoms with van der Waals surface area (Å²) in [6, 6.07) is 24.7. The Morgan fingerprint density at radius 1 is 0.865 bits per heavy atom. The molecular formula is C28H24N6O3. The molecule has 0 aliphatic carbocycles. The lowest BCUT2D eigenvalue weighted by molar-refractivity contribution is 0.122. The average molecular weight is 493 g/mol. The van der Waals surface area contributed by atoms with E-state index in [4.69, 9.17) is 9.26 Å². The van der Waals surface area contributed by atoms with Crippen LogP contribution in [0.5, 0.6) is 0 Å². The van der Waals surface area contributed by atoms with Gasteiger partial charge in [-0.05, 0) is 54.6 Å². The van der Waals surface area contributed by atoms with Crippen molar-refractivity contribution in [1.29, 1.82) is 0 Å². The maximum absolute atomic E-state index is 12.4. The van der Waals surface area contributed by atoms with E-state index in [2.05, 4.69) is 54.9 Å². The predicted octanol–water partition coefficient (Wildman–Crippen LogP) is 5.43. The summed E-state index contributed by atoms with van der Waals surface area (Å²) in [6.07, 6.45) is 1.61. The summed E-state index contributed by atoms with van der Waals surface area (Å²) >= 11 is 0. The van der Waals surface area contributed by atoms with Gasteiger partial charge in [0, 0.05) is 41.8 Å². The second-order valence-electron chi connectivity index (χ2n) is 8.60. The zero-order valence-electron chi connectivity index (χ0n) is 19.9. The Balaban J connectivity index is 1.23. The Hall–Kier alpha value is -4.76. The van der Waals surface area contributed by atoms with Gasteiger partial charge >= 0.3 is 6.03 Å². The molecule has 0 saturated carbocycles. The second-order valence-corrected chi connectivity index (χ2v) is 8.60. The minimum atomic E-state index is -0.416. The third kappa shape index (κ3) is 4.98. The first-order chi connectivity index (χ1) is 18.2. The van der Waals surface area contributed by atoms with Crippen LogP contribution >= 0.6 is 0 Å². The van der Waals surface area contributed by atoms with Crippen molar-refractivity contribution in [3.63, 3.8) is 0 Å². The zero-order chi connectivity index (χ0) is 25.0. The Morgan fingerprint density at radius 3 is 2.46 bits per heavy atom. The molecule has 1 fully saturated rings. The molecule has 0 spiro atoms. The van der Waals surface area contributed by atoms with E-state index in [9.17, 15) is 4.79 Å². The quantitative estimate of drug-likeness (QED) is 0.337. The van der Waals surface area contributed by atoms with E-state index in [0.29, 0.717) is 17.1 Å². The molecule has 0 atom stereocenters. The maximum atomic E-state index is 12.4. The van der Waals surface area contributed by atoms with Gasteiger partial charge in [-0.15, -0.1) is 0 Å². The topological polar surface area (TPSA) is 105 Å². The molecule has 1 aliphatic rings. The van der Waals surface area contributed by atoms with Gasteiger partial charge in [-0.1, -0.05) is 29.4 Å². The Labute approximate surface area is 213 Å². The van der Waals surface area contributed by atoms with Crippen LogP contribution in [0.1, 0.15) is 0 Å². The van der Waals surface area contributed by atoms with Crippen molar-refractivity contribution in [1.82, 2.24) is 15.1 Å². The number of rotatable bonds is 5. The number of anilines is 3. The number of fused-ring (bicyclic) bond motifs is 1. The summed E-state index contributed by atoms with van der Waals surface area (Å²) in [5.74, 6) is 0.898. The van der Waals surface area contributed by atoms with Crippen molar-refractivity contribution >= 4 is 34.3 Å². The molecule has 6 rings (SSSR count). The summed E-state index contributed by atoms with van der Waals surface area (Å²) in [5, 5.41) is 10.6. The van der Waals surface area contributed by atoms with E-state index in [0.717, 1.165) is 54.0 Å². The number of aromatic nitrogens is 3. The first-order valence-electron chi connectivity index (χ1n) is 12.0. The van der Waals surface area contributed by atoms with Crippen LogP contribution in [0, 0.1) is 0 Å². The molecule has 37 heavy (non-hydrogen) atoms. The lowest BCUT2D eigenvalue weighted by Crippen LogP contribution is -2.36. The van der Waals surface area contributed by atoms with Gasteiger partial charge in [-0.2, -0.15) is 0 Å². The molecule has 2 aromatic heterocycles. The number of morpholine rings is 1. The number of nitrogens with one attached hydrogen (secondary N) is 2. The van der Waals surface area contributed by atoms with Crippen molar-refractivity contribution in [3.8, 4) is 22.6 Å². The fraction of sp³-hybridized carbons (Fsp3) is 0.143. The van der Waals surface area contributed by atoms with Crippen LogP contribution in [0.4, 0.5) is 22.1 Å². The van der Waals surface area contributed by atoms with Crippen molar-refractivity contribution < 1.29 is 14.1 Å². The lowest BCUT2D eigenvalue weighted by atomic mass is 10.0. The van der Waals surface area contributed by atoms with E-state index < -0.39 is 6.03 Å². The molecule has 0 radical (unpaired) electrons. The van der Waals surface area contributed by atoms with E-state index in [1.165, 1.54) is 0 Å². The molecule has 2 amide bonds. The number of ether oxygens (including phenoxy) is 1. The third-order valence-corrected chi connectivity index (χ3v) is 6.19. The Morgan fingerprint density at radius 2 is 1.65 bits per heavy atom. The highest BCUT2D eigenvalue weighted by molar-refractivity contribution is 5.99. The van der Waals surface area contributed by atoms with E-state index >= 15 is 0 Å². The zero-order valence-corrected chi connectivity index (χ0v) is 19.9. The summed E-state index contributed by atoms with van der Waals surface area (Å²) in [6.45, 7) is 3.26. The van der Waals surface area contributed by atoms with Crippen molar-refractivity contribution in [3.05, 3.63) is 85.1 Å². The van der Waals surface area contributed by atoms with Gasteiger partial charge in [0.1, 0.15) is 5.52 Å². The largest absolute Gasteiger partial charge is 0.378 e. The van der Waals surface area contributed by atoms with Crippen molar-refractivity contribution in [2.24, 2.45) is 0 Å². The minimum absolute atomic E-state index is 0.204. The lowest BCUT2D eigenvalue weighted by Gasteiger charge is -2.28. The number of amides is 2. The summed E-state index contributed by atoms with van der Waals surface area (Å²) < 4.78 is 11.2. The number of carbonyl (C=O) groups is 1. The van der Waals surface area contributed by atoms with Crippen LogP contribution in [-0.4, -0.2) is 47.5 Å². The van der Waals surface area contributed by atoms with Gasteiger partial charge in [0.05, 0.1) is 24.3 Å². The molecule has 1 aliphatic heterocycles. The molecule has 3 aromatic carbocycles. The highest BCUT2D eigenvalue weighted by atomic mass is 16.5. The van der Waals surface area contributed by atoms with Crippen LogP contribution < -0.4 is 15.5 Å². The maximum Gasteiger partial charge on any atom is 0.326 e. The Kier molecular flexibility index (Phi) is 6.18. The number of hydrogen-bond donors (Lipinski definition) is 2. The van der Waals surface area contributed by atoms with Crippen LogP contribution in [0.3, 0.4) is 0 Å². The second kappa shape index (κ2) is 10.1. The van der Waals surface area contributed by atoms with E-state index in [1.54, 1.807) is 24.4 Å². The summed E-state index contributed by atoms with van der Waals surface area (Å²) in [5.41, 5.74) is 5.07. The van der Waals surface area contributed by atoms with Crippen LogP contribution in [-0.2, 0) is 4.74 Å². The summed E-state index contributed by atoms with van der Waals surface area (Å²) in [4.78, 5) is 23.4. The molecule has 9 nitrogen and oxygen atoms in total. The fourth-order valence-electron chi connectivity index (χ4n) is 4.32. The average Bonchev–Trinajstić information content (AvgIpc) is 3.38. The normalized spacial score (nSPS) is 13.5. The molecule has 2 N–H and O–H groups in total. The predicted molar refractivity (Wildman–Crippen MR) is 143 cm³/mol. The van der Waals surface area contributed by atoms with Gasteiger partial charge in [0.25, 0.3) is 0 Å². The SMILES string of the molecule is O=C(Nc1ccccc1)Nc1nccc(-c2ccc3noc(-c4ccc(N5CCOCC5)cc4)c3c2)n1. The molecule has 3 heterocycles. The first kappa shape index (κ1) is 22.7. The molecule has 0 unspecified atom stereocenters. The van der Waals surface area contributed by atoms with Gasteiger partial charge < -0.3 is 19.5 Å². The van der Waals surface area contributed by atoms with Crippen LogP contribution in [0.2, 0.25) is 0 Å². The third-order valence-electron chi connectivity index (χ3n) is 6.19. The molecule has 5 aromatic rings. The molecule has 9 heteroatoms. The highest BCUT2D eigenvalue weighted by Crippen LogP contribution is 2.33. The van der Waals surface area contributed by atoms with Gasteiger partial charge in [-0.3, -0.25) is 5.32 Å². The Bertz CT molecular complexity index is 1530. The van der Waals surface area contributed by atoms with E-state index in [1.807, 2.05) is 36.4 Å². The number of benzene rings is 3. The standard InChI is InChI=1S/C28H24N6O3/c35-28(30-21-4-2-1-3-5-21)32-27-29-13-12-24(31-27)20-8-11-25-23(18-20)26(37-33-25)19-6-9-22(10-7-19)34-14-16-36-17-15-34/h1-13,18H,14-17H2,(H2,29,30,31,32,35). The molecular weight excluding hydrogens is 468 g/mol. The first-order valence-corrected chi connectivity index (χ1v) is 12.0. The van der Waals surface area contributed by atoms with Crippen molar-refractivity contribution in [2.75, 3.05) is 41.8 Å². The van der Waals surface area contributed by atoms with Gasteiger partial charge in [0.15, 0.2) is 5.76 Å². The smallest absolute Gasteiger partial charge is 0.326 e. The minimum Gasteiger partial charge on any atom is -0.378 e. The molecule has 1 saturated heterocycles. The van der Waals surface area contributed by atoms with E-state index in [-0.39, 0.29) is 5.95 Å². The summed E-state index contributed by atoms with van der Waals surface area (Å²) in [7, 11) is 0. The fourth-order valence-corrected chi connectivity index (χ4v) is 4.32. The van der Waals surface area contributed by atoms with Crippen LogP contribution in [0.15, 0.2) is 89.6 Å². The van der Waals surface area contributed by atoms with Gasteiger partial charge in [-0.25, -0.2) is 14.8 Å². The molecule has 0 bridgehead atoms. The van der Waals surface area contributed by atoms with Crippen LogP contribution in [0.25, 0.3) is 33.5 Å². The van der Waals surface area contributed by atoms with Crippen molar-refractivity contribution in [2.45, 2.75) is 0 Å². The molecule has 184 valence electrons. The number of urea groups is 1.